The van der Waals surface area contributed by atoms with Crippen LogP contribution >= 0.6 is 0 Å². The highest BCUT2D eigenvalue weighted by Gasteiger charge is 2.44. The van der Waals surface area contributed by atoms with Crippen molar-refractivity contribution in [2.45, 2.75) is 58.0 Å². The van der Waals surface area contributed by atoms with E-state index in [2.05, 4.69) is 27.7 Å². The van der Waals surface area contributed by atoms with Gasteiger partial charge in [0.1, 0.15) is 0 Å². The van der Waals surface area contributed by atoms with E-state index >= 15 is 0 Å². The van der Waals surface area contributed by atoms with Gasteiger partial charge in [-0.2, -0.15) is 0 Å². The zero-order valence-electron chi connectivity index (χ0n) is 12.7. The minimum absolute atomic E-state index is 0.154. The fourth-order valence-electron chi connectivity index (χ4n) is 2.87. The number of nitrogens with zero attached hydrogens (tertiary/aromatic N) is 1. The predicted molar refractivity (Wildman–Crippen MR) is 76.8 cm³/mol. The predicted octanol–water partition coefficient (Wildman–Crippen LogP) is 3.73. The summed E-state index contributed by atoms with van der Waals surface area (Å²) < 4.78 is 0. The van der Waals surface area contributed by atoms with Gasteiger partial charge in [-0.05, 0) is 59.1 Å². The molecule has 4 heteroatoms. The Morgan fingerprint density at radius 2 is 1.60 bits per heavy atom. The average molecular weight is 277 g/mol. The second kappa shape index (κ2) is 5.54. The molecule has 1 aliphatic rings. The zero-order chi connectivity index (χ0) is 14.8. The lowest BCUT2D eigenvalue weighted by atomic mass is 9.82. The summed E-state index contributed by atoms with van der Waals surface area (Å²) in [7, 11) is 0. The van der Waals surface area contributed by atoms with Crippen molar-refractivity contribution >= 4 is 5.97 Å². The van der Waals surface area contributed by atoms with Gasteiger partial charge in [-0.3, -0.25) is 4.89 Å². The molecular formula is C16H23NO3. The van der Waals surface area contributed by atoms with Gasteiger partial charge in [-0.15, -0.1) is 5.06 Å². The minimum Gasteiger partial charge on any atom is -0.274 e. The molecule has 1 aliphatic heterocycles. The quantitative estimate of drug-likeness (QED) is 0.623. The Morgan fingerprint density at radius 1 is 1.05 bits per heavy atom. The van der Waals surface area contributed by atoms with Crippen molar-refractivity contribution in [3.63, 3.8) is 0 Å². The number of carbonyl (C=O) groups is 1. The van der Waals surface area contributed by atoms with Gasteiger partial charge in [0.2, 0.25) is 0 Å². The molecule has 110 valence electrons. The number of benzene rings is 1. The zero-order valence-corrected chi connectivity index (χ0v) is 12.7. The van der Waals surface area contributed by atoms with Crippen LogP contribution in [0.15, 0.2) is 30.3 Å². The second-order valence-corrected chi connectivity index (χ2v) is 6.58. The lowest BCUT2D eigenvalue weighted by Gasteiger charge is -2.49. The number of rotatable bonds is 3. The first-order valence-corrected chi connectivity index (χ1v) is 7.07. The highest BCUT2D eigenvalue weighted by Crippen LogP contribution is 2.38. The molecular weight excluding hydrogens is 254 g/mol. The molecule has 0 N–H and O–H groups in total. The van der Waals surface area contributed by atoms with Gasteiger partial charge < -0.3 is 0 Å². The summed E-state index contributed by atoms with van der Waals surface area (Å²) >= 11 is 0. The third kappa shape index (κ3) is 3.19. The van der Waals surface area contributed by atoms with Crippen molar-refractivity contribution < 1.29 is 14.7 Å². The van der Waals surface area contributed by atoms with Crippen LogP contribution in [0.25, 0.3) is 0 Å². The molecule has 0 bridgehead atoms. The fraction of sp³-hybridized carbons (Fsp3) is 0.562. The monoisotopic (exact) mass is 277 g/mol. The van der Waals surface area contributed by atoms with Gasteiger partial charge in [0.15, 0.2) is 0 Å². The van der Waals surface area contributed by atoms with E-state index in [1.54, 1.807) is 24.3 Å². The van der Waals surface area contributed by atoms with Crippen LogP contribution in [0.4, 0.5) is 0 Å². The Morgan fingerprint density at radius 3 is 2.15 bits per heavy atom. The maximum Gasteiger partial charge on any atom is 0.375 e. The minimum atomic E-state index is -0.470. The standard InChI is InChI=1S/C16H23NO3/c1-15(2)11-8-12-16(3,4)17(15)20-19-14(18)13-9-6-5-7-10-13/h5-7,9-10H,8,11-12H2,1-4H3. The lowest BCUT2D eigenvalue weighted by Crippen LogP contribution is -2.58. The maximum absolute atomic E-state index is 11.9. The molecule has 20 heavy (non-hydrogen) atoms. The topological polar surface area (TPSA) is 38.8 Å². The summed E-state index contributed by atoms with van der Waals surface area (Å²) in [6.45, 7) is 8.41. The van der Waals surface area contributed by atoms with E-state index in [0.29, 0.717) is 5.56 Å². The smallest absolute Gasteiger partial charge is 0.274 e. The first kappa shape index (κ1) is 15.0. The number of carbonyl (C=O) groups excluding carboxylic acids is 1. The molecule has 1 heterocycles. The Kier molecular flexibility index (Phi) is 4.16. The molecule has 0 aromatic heterocycles. The van der Waals surface area contributed by atoms with E-state index in [1.165, 1.54) is 0 Å². The van der Waals surface area contributed by atoms with Crippen LogP contribution < -0.4 is 0 Å². The van der Waals surface area contributed by atoms with Crippen LogP contribution in [0.2, 0.25) is 0 Å². The Labute approximate surface area is 120 Å². The number of hydrogen-bond acceptors (Lipinski definition) is 4. The molecule has 0 atom stereocenters. The van der Waals surface area contributed by atoms with Crippen LogP contribution in [-0.2, 0) is 9.88 Å². The van der Waals surface area contributed by atoms with Crippen LogP contribution in [0.1, 0.15) is 57.3 Å². The molecule has 0 aliphatic carbocycles. The third-order valence-electron chi connectivity index (χ3n) is 3.87. The molecule has 0 radical (unpaired) electrons. The van der Waals surface area contributed by atoms with E-state index in [0.717, 1.165) is 19.3 Å². The Hall–Kier alpha value is -1.39. The Bertz CT molecular complexity index is 452. The molecule has 4 nitrogen and oxygen atoms in total. The summed E-state index contributed by atoms with van der Waals surface area (Å²) in [5.74, 6) is -0.470. The van der Waals surface area contributed by atoms with Crippen LogP contribution in [0.5, 0.6) is 0 Å². The average Bonchev–Trinajstić information content (AvgIpc) is 2.37. The number of hydrogen-bond donors (Lipinski definition) is 0. The van der Waals surface area contributed by atoms with Crippen molar-refractivity contribution in [3.8, 4) is 0 Å². The van der Waals surface area contributed by atoms with E-state index in [1.807, 2.05) is 11.1 Å². The molecule has 1 aromatic rings. The van der Waals surface area contributed by atoms with Gasteiger partial charge in [0.05, 0.1) is 5.56 Å². The fourth-order valence-corrected chi connectivity index (χ4v) is 2.87. The number of hydroxylamine groups is 2. The Balaban J connectivity index is 2.03. The van der Waals surface area contributed by atoms with Crippen molar-refractivity contribution in [1.82, 2.24) is 5.06 Å². The van der Waals surface area contributed by atoms with Crippen molar-refractivity contribution in [3.05, 3.63) is 35.9 Å². The summed E-state index contributed by atoms with van der Waals surface area (Å²) in [6, 6.07) is 8.86. The largest absolute Gasteiger partial charge is 0.375 e. The van der Waals surface area contributed by atoms with E-state index < -0.39 is 5.97 Å². The molecule has 0 spiro atoms. The highest BCUT2D eigenvalue weighted by atomic mass is 17.3. The van der Waals surface area contributed by atoms with Gasteiger partial charge in [0, 0.05) is 11.1 Å². The molecule has 0 amide bonds. The lowest BCUT2D eigenvalue weighted by molar-refractivity contribution is -0.444. The summed E-state index contributed by atoms with van der Waals surface area (Å²) in [5, 5.41) is 1.81. The molecule has 2 rings (SSSR count). The summed E-state index contributed by atoms with van der Waals surface area (Å²) in [6.07, 6.45) is 3.17. The molecule has 0 unspecified atom stereocenters. The van der Waals surface area contributed by atoms with E-state index in [4.69, 9.17) is 9.88 Å². The number of piperidine rings is 1. The summed E-state index contributed by atoms with van der Waals surface area (Å²) in [5.41, 5.74) is 0.178. The van der Waals surface area contributed by atoms with E-state index in [9.17, 15) is 4.79 Å². The first-order valence-electron chi connectivity index (χ1n) is 7.07. The molecule has 1 saturated heterocycles. The molecule has 0 saturated carbocycles. The van der Waals surface area contributed by atoms with Crippen LogP contribution in [-0.4, -0.2) is 22.1 Å². The van der Waals surface area contributed by atoms with Crippen molar-refractivity contribution in [1.29, 1.82) is 0 Å². The third-order valence-corrected chi connectivity index (χ3v) is 3.87. The van der Waals surface area contributed by atoms with Crippen molar-refractivity contribution in [2.24, 2.45) is 0 Å². The van der Waals surface area contributed by atoms with Gasteiger partial charge in [0.25, 0.3) is 0 Å². The molecule has 1 aromatic carbocycles. The second-order valence-electron chi connectivity index (χ2n) is 6.58. The van der Waals surface area contributed by atoms with Crippen molar-refractivity contribution in [2.75, 3.05) is 0 Å². The van der Waals surface area contributed by atoms with Crippen LogP contribution in [0.3, 0.4) is 0 Å². The first-order chi connectivity index (χ1) is 9.33. The van der Waals surface area contributed by atoms with Gasteiger partial charge >= 0.3 is 5.97 Å². The van der Waals surface area contributed by atoms with Gasteiger partial charge in [-0.1, -0.05) is 23.2 Å². The molecule has 1 fully saturated rings. The van der Waals surface area contributed by atoms with E-state index in [-0.39, 0.29) is 11.1 Å². The highest BCUT2D eigenvalue weighted by molar-refractivity contribution is 5.88. The van der Waals surface area contributed by atoms with Crippen LogP contribution in [0, 0.1) is 0 Å². The normalized spacial score (nSPS) is 21.4. The maximum atomic E-state index is 11.9. The SMILES string of the molecule is CC1(C)CCCC(C)(C)N1OOC(=O)c1ccccc1. The summed E-state index contributed by atoms with van der Waals surface area (Å²) in [4.78, 5) is 22.4. The van der Waals surface area contributed by atoms with Gasteiger partial charge in [-0.25, -0.2) is 4.79 Å².